The van der Waals surface area contributed by atoms with E-state index in [0.29, 0.717) is 5.69 Å². The van der Waals surface area contributed by atoms with Crippen molar-refractivity contribution in [2.75, 3.05) is 0 Å². The molecule has 0 radical (unpaired) electrons. The van der Waals surface area contributed by atoms with E-state index in [4.69, 9.17) is 0 Å². The van der Waals surface area contributed by atoms with Crippen LogP contribution in [0.15, 0.2) is 29.4 Å². The quantitative estimate of drug-likeness (QED) is 0.489. The predicted octanol–water partition coefficient (Wildman–Crippen LogP) is 2.94. The topological polar surface area (TPSA) is 73.7 Å². The van der Waals surface area contributed by atoms with Gasteiger partial charge in [0.15, 0.2) is 4.88 Å². The Labute approximate surface area is 126 Å². The summed E-state index contributed by atoms with van der Waals surface area (Å²) < 4.78 is 44.1. The number of alkyl halides is 3. The molecule has 0 aliphatic carbocycles. The van der Waals surface area contributed by atoms with Crippen molar-refractivity contribution in [3.63, 3.8) is 0 Å². The first-order valence-corrected chi connectivity index (χ1v) is 6.52. The van der Waals surface area contributed by atoms with Gasteiger partial charge in [-0.3, -0.25) is 0 Å². The number of hydrogen-bond donors (Lipinski definition) is 0. The molecule has 0 saturated heterocycles. The van der Waals surface area contributed by atoms with Crippen molar-refractivity contribution in [1.29, 1.82) is 0 Å². The molecular weight excluding hydrogens is 323 g/mol. The number of hydrogen-bond acceptors (Lipinski definition) is 7. The molecule has 2 aromatic rings. The molecule has 0 spiro atoms. The number of halogens is 3. The summed E-state index contributed by atoms with van der Waals surface area (Å²) >= 11 is 0.832. The summed E-state index contributed by atoms with van der Waals surface area (Å²) in [6, 6.07) is 5.31. The highest BCUT2D eigenvalue weighted by Gasteiger charge is 2.31. The second kappa shape index (κ2) is 6.52. The summed E-state index contributed by atoms with van der Waals surface area (Å²) in [5, 5.41) is 6.99. The van der Waals surface area contributed by atoms with Gasteiger partial charge in [0.1, 0.15) is 5.75 Å². The monoisotopic (exact) mass is 331 g/mol. The van der Waals surface area contributed by atoms with E-state index in [1.165, 1.54) is 18.2 Å². The molecule has 116 valence electrons. The second-order valence-electron chi connectivity index (χ2n) is 3.89. The molecule has 0 unspecified atom stereocenters. The normalized spacial score (nSPS) is 11.6. The Morgan fingerprint density at radius 2 is 2.09 bits per heavy atom. The van der Waals surface area contributed by atoms with Crippen LogP contribution < -0.4 is 4.74 Å². The number of carbonyl (C=O) groups is 1. The van der Waals surface area contributed by atoms with Gasteiger partial charge in [0, 0.05) is 5.56 Å². The summed E-state index contributed by atoms with van der Waals surface area (Å²) in [6.45, 7) is 1.57. The first-order valence-electron chi connectivity index (χ1n) is 5.75. The van der Waals surface area contributed by atoms with Crippen molar-refractivity contribution in [3.05, 3.63) is 40.4 Å². The molecule has 0 N–H and O–H groups in total. The summed E-state index contributed by atoms with van der Waals surface area (Å²) in [6.07, 6.45) is -3.88. The van der Waals surface area contributed by atoms with Gasteiger partial charge in [-0.05, 0) is 30.6 Å². The van der Waals surface area contributed by atoms with Crippen molar-refractivity contribution < 1.29 is 27.5 Å². The van der Waals surface area contributed by atoms with E-state index < -0.39 is 18.1 Å². The van der Waals surface area contributed by atoms with Crippen LogP contribution in [0.1, 0.15) is 20.9 Å². The highest BCUT2D eigenvalue weighted by atomic mass is 32.1. The van der Waals surface area contributed by atoms with Crippen LogP contribution in [0, 0.1) is 6.92 Å². The summed E-state index contributed by atoms with van der Waals surface area (Å²) in [5.74, 6) is -1.25. The Morgan fingerprint density at radius 1 is 1.36 bits per heavy atom. The summed E-state index contributed by atoms with van der Waals surface area (Å²) in [7, 11) is 0. The van der Waals surface area contributed by atoms with Crippen molar-refractivity contribution in [2.45, 2.75) is 13.3 Å². The number of rotatable bonds is 4. The van der Waals surface area contributed by atoms with E-state index in [1.807, 2.05) is 0 Å². The van der Waals surface area contributed by atoms with Gasteiger partial charge in [0.05, 0.1) is 11.9 Å². The van der Waals surface area contributed by atoms with Crippen LogP contribution in [0.2, 0.25) is 0 Å². The Balaban J connectivity index is 2.08. The van der Waals surface area contributed by atoms with Crippen LogP contribution in [-0.2, 0) is 4.84 Å². The maximum Gasteiger partial charge on any atom is 0.573 e. The van der Waals surface area contributed by atoms with E-state index in [1.54, 1.807) is 6.92 Å². The number of oxime groups is 1. The fourth-order valence-electron chi connectivity index (χ4n) is 1.40. The zero-order chi connectivity index (χ0) is 16.2. The lowest BCUT2D eigenvalue weighted by atomic mass is 10.2. The van der Waals surface area contributed by atoms with E-state index in [2.05, 4.69) is 24.3 Å². The highest BCUT2D eigenvalue weighted by molar-refractivity contribution is 7.07. The molecular formula is C12H8F3N3O3S. The molecule has 0 aliphatic rings. The minimum absolute atomic E-state index is 0.00627. The maximum atomic E-state index is 12.2. The van der Waals surface area contributed by atoms with E-state index in [-0.39, 0.29) is 10.4 Å². The minimum Gasteiger partial charge on any atom is -0.405 e. The van der Waals surface area contributed by atoms with Crippen molar-refractivity contribution in [3.8, 4) is 5.75 Å². The second-order valence-corrected chi connectivity index (χ2v) is 4.64. The molecule has 0 aliphatic heterocycles. The van der Waals surface area contributed by atoms with Gasteiger partial charge < -0.3 is 9.57 Å². The van der Waals surface area contributed by atoms with Gasteiger partial charge in [-0.1, -0.05) is 21.8 Å². The van der Waals surface area contributed by atoms with E-state index in [9.17, 15) is 18.0 Å². The molecule has 10 heteroatoms. The smallest absolute Gasteiger partial charge is 0.405 e. The number of ether oxygens (including phenoxy) is 1. The van der Waals surface area contributed by atoms with Crippen LogP contribution in [0.5, 0.6) is 5.75 Å². The number of aryl methyl sites for hydroxylation is 1. The van der Waals surface area contributed by atoms with Gasteiger partial charge in [0.2, 0.25) is 0 Å². The average molecular weight is 331 g/mol. The summed E-state index contributed by atoms with van der Waals surface area (Å²) in [4.78, 5) is 16.4. The molecule has 1 aromatic carbocycles. The maximum absolute atomic E-state index is 12.2. The largest absolute Gasteiger partial charge is 0.573 e. The molecule has 1 heterocycles. The third-order valence-electron chi connectivity index (χ3n) is 2.31. The molecule has 6 nitrogen and oxygen atoms in total. The molecule has 0 atom stereocenters. The lowest BCUT2D eigenvalue weighted by Gasteiger charge is -2.10. The van der Waals surface area contributed by atoms with Gasteiger partial charge in [-0.2, -0.15) is 0 Å². The fraction of sp³-hybridized carbons (Fsp3) is 0.167. The van der Waals surface area contributed by atoms with Gasteiger partial charge in [-0.15, -0.1) is 18.3 Å². The van der Waals surface area contributed by atoms with Crippen LogP contribution in [0.25, 0.3) is 0 Å². The SMILES string of the molecule is Cc1nnsc1C(=O)O/N=C\c1ccccc1OC(F)(F)F. The minimum atomic E-state index is -4.83. The van der Waals surface area contributed by atoms with Crippen molar-refractivity contribution >= 4 is 23.7 Å². The first kappa shape index (κ1) is 15.9. The lowest BCUT2D eigenvalue weighted by Crippen LogP contribution is -2.18. The molecule has 0 fully saturated rings. The Hall–Kier alpha value is -2.49. The molecule has 0 bridgehead atoms. The van der Waals surface area contributed by atoms with Crippen LogP contribution in [-0.4, -0.2) is 28.1 Å². The van der Waals surface area contributed by atoms with Crippen molar-refractivity contribution in [1.82, 2.24) is 9.59 Å². The zero-order valence-electron chi connectivity index (χ0n) is 11.0. The molecule has 0 saturated carbocycles. The zero-order valence-corrected chi connectivity index (χ0v) is 11.8. The lowest BCUT2D eigenvalue weighted by molar-refractivity contribution is -0.274. The number of carbonyl (C=O) groups excluding carboxylic acids is 1. The molecule has 0 amide bonds. The number of benzene rings is 1. The van der Waals surface area contributed by atoms with Crippen LogP contribution in [0.3, 0.4) is 0 Å². The molecule has 1 aromatic heterocycles. The molecule has 2 rings (SSSR count). The first-order chi connectivity index (χ1) is 10.4. The number of aromatic nitrogens is 2. The number of nitrogens with zero attached hydrogens (tertiary/aromatic N) is 3. The van der Waals surface area contributed by atoms with Crippen LogP contribution in [0.4, 0.5) is 13.2 Å². The fourth-order valence-corrected chi connectivity index (χ4v) is 1.93. The predicted molar refractivity (Wildman–Crippen MR) is 70.8 cm³/mol. The highest BCUT2D eigenvalue weighted by Crippen LogP contribution is 2.25. The number of para-hydroxylation sites is 1. The molecule has 22 heavy (non-hydrogen) atoms. The third-order valence-corrected chi connectivity index (χ3v) is 3.12. The van der Waals surface area contributed by atoms with E-state index >= 15 is 0 Å². The van der Waals surface area contributed by atoms with Gasteiger partial charge >= 0.3 is 12.3 Å². The average Bonchev–Trinajstić information content (AvgIpc) is 2.85. The summed E-state index contributed by atoms with van der Waals surface area (Å²) in [5.41, 5.74) is 0.387. The standard InChI is InChI=1S/C12H8F3N3O3S/c1-7-10(22-18-17-7)11(19)21-16-6-8-4-2-3-5-9(8)20-12(13,14)15/h2-6H,1H3/b16-6-. The van der Waals surface area contributed by atoms with Crippen molar-refractivity contribution in [2.24, 2.45) is 5.16 Å². The Morgan fingerprint density at radius 3 is 2.73 bits per heavy atom. The van der Waals surface area contributed by atoms with Crippen LogP contribution >= 0.6 is 11.5 Å². The Kier molecular flexibility index (Phi) is 4.71. The van der Waals surface area contributed by atoms with Gasteiger partial charge in [0.25, 0.3) is 0 Å². The third kappa shape index (κ3) is 4.25. The Bertz CT molecular complexity index is 700. The van der Waals surface area contributed by atoms with E-state index in [0.717, 1.165) is 23.8 Å². The van der Waals surface area contributed by atoms with Gasteiger partial charge in [-0.25, -0.2) is 4.79 Å².